The van der Waals surface area contributed by atoms with Crippen LogP contribution in [0.1, 0.15) is 33.1 Å². The van der Waals surface area contributed by atoms with Crippen molar-refractivity contribution in [1.82, 2.24) is 5.32 Å². The maximum Gasteiger partial charge on any atom is 0.163 e. The van der Waals surface area contributed by atoms with Gasteiger partial charge in [0.2, 0.25) is 0 Å². The van der Waals surface area contributed by atoms with Gasteiger partial charge in [-0.3, -0.25) is 0 Å². The predicted octanol–water partition coefficient (Wildman–Crippen LogP) is 2.81. The molecule has 2 aliphatic rings. The Labute approximate surface area is 127 Å². The minimum absolute atomic E-state index is 0.556. The first-order valence-electron chi connectivity index (χ1n) is 8.21. The Balaban J connectivity index is 1.81. The first-order chi connectivity index (χ1) is 10.3. The van der Waals surface area contributed by atoms with Crippen molar-refractivity contribution in [1.29, 1.82) is 0 Å². The van der Waals surface area contributed by atoms with Crippen LogP contribution in [0.2, 0.25) is 0 Å². The fourth-order valence-corrected chi connectivity index (χ4v) is 3.30. The number of hydrogen-bond donors (Lipinski definition) is 1. The molecule has 116 valence electrons. The Hall–Kier alpha value is -1.42. The molecule has 0 aliphatic carbocycles. The summed E-state index contributed by atoms with van der Waals surface area (Å²) in [5.74, 6) is 1.76. The fourth-order valence-electron chi connectivity index (χ4n) is 3.30. The molecule has 1 N–H and O–H groups in total. The van der Waals surface area contributed by atoms with Gasteiger partial charge < -0.3 is 19.7 Å². The van der Waals surface area contributed by atoms with E-state index < -0.39 is 0 Å². The lowest BCUT2D eigenvalue weighted by Gasteiger charge is -2.42. The molecule has 2 unspecified atom stereocenters. The van der Waals surface area contributed by atoms with E-state index in [2.05, 4.69) is 36.2 Å². The summed E-state index contributed by atoms with van der Waals surface area (Å²) >= 11 is 0. The summed E-state index contributed by atoms with van der Waals surface area (Å²) in [5, 5.41) is 3.69. The molecule has 1 aromatic rings. The summed E-state index contributed by atoms with van der Waals surface area (Å²) < 4.78 is 11.4. The van der Waals surface area contributed by atoms with Crippen molar-refractivity contribution in [3.63, 3.8) is 0 Å². The van der Waals surface area contributed by atoms with Gasteiger partial charge in [0, 0.05) is 36.9 Å². The third kappa shape index (κ3) is 3.10. The second kappa shape index (κ2) is 6.56. The quantitative estimate of drug-likeness (QED) is 0.924. The molecule has 0 radical (unpaired) electrons. The van der Waals surface area contributed by atoms with Crippen LogP contribution in [0.5, 0.6) is 11.5 Å². The zero-order valence-corrected chi connectivity index (χ0v) is 13.1. The van der Waals surface area contributed by atoms with Gasteiger partial charge in [0.25, 0.3) is 0 Å². The highest BCUT2D eigenvalue weighted by Crippen LogP contribution is 2.35. The van der Waals surface area contributed by atoms with Crippen molar-refractivity contribution < 1.29 is 9.47 Å². The number of nitrogens with zero attached hydrogens (tertiary/aromatic N) is 1. The lowest BCUT2D eigenvalue weighted by Crippen LogP contribution is -2.56. The minimum atomic E-state index is 0.556. The average Bonchev–Trinajstić information content (AvgIpc) is 2.54. The molecule has 0 bridgehead atoms. The molecule has 0 amide bonds. The van der Waals surface area contributed by atoms with Crippen LogP contribution in [-0.2, 0) is 0 Å². The second-order valence-electron chi connectivity index (χ2n) is 5.94. The molecule has 4 heteroatoms. The van der Waals surface area contributed by atoms with Gasteiger partial charge in [-0.2, -0.15) is 0 Å². The van der Waals surface area contributed by atoms with E-state index in [1.165, 1.54) is 18.5 Å². The topological polar surface area (TPSA) is 33.7 Å². The number of rotatable bonds is 4. The lowest BCUT2D eigenvalue weighted by atomic mass is 10.0. The highest BCUT2D eigenvalue weighted by atomic mass is 16.6. The molecule has 4 nitrogen and oxygen atoms in total. The first kappa shape index (κ1) is 14.5. The summed E-state index contributed by atoms with van der Waals surface area (Å²) in [6, 6.07) is 7.51. The van der Waals surface area contributed by atoms with Crippen molar-refractivity contribution in [2.75, 3.05) is 31.2 Å². The average molecular weight is 290 g/mol. The molecule has 21 heavy (non-hydrogen) atoms. The standard InChI is InChI=1S/C17H26N2O2/c1-3-5-13-12-19(14(4-2)11-18-13)15-6-7-16-17(10-15)21-9-8-20-16/h6-7,10,13-14,18H,3-5,8-9,11-12H2,1-2H3. The summed E-state index contributed by atoms with van der Waals surface area (Å²) in [6.45, 7) is 7.95. The van der Waals surface area contributed by atoms with Crippen LogP contribution < -0.4 is 19.7 Å². The molecule has 2 atom stereocenters. The van der Waals surface area contributed by atoms with E-state index in [0.717, 1.165) is 31.0 Å². The van der Waals surface area contributed by atoms with E-state index in [0.29, 0.717) is 25.3 Å². The zero-order valence-electron chi connectivity index (χ0n) is 13.1. The van der Waals surface area contributed by atoms with Gasteiger partial charge in [-0.15, -0.1) is 0 Å². The molecular weight excluding hydrogens is 264 g/mol. The molecule has 3 rings (SSSR count). The van der Waals surface area contributed by atoms with Crippen molar-refractivity contribution >= 4 is 5.69 Å². The smallest absolute Gasteiger partial charge is 0.163 e. The van der Waals surface area contributed by atoms with Gasteiger partial charge in [0.15, 0.2) is 11.5 Å². The van der Waals surface area contributed by atoms with Crippen LogP contribution >= 0.6 is 0 Å². The Morgan fingerprint density at radius 1 is 1.19 bits per heavy atom. The Bertz CT molecular complexity index is 478. The predicted molar refractivity (Wildman–Crippen MR) is 85.6 cm³/mol. The maximum atomic E-state index is 5.73. The first-order valence-corrected chi connectivity index (χ1v) is 8.21. The van der Waals surface area contributed by atoms with Crippen LogP contribution in [0.15, 0.2) is 18.2 Å². The van der Waals surface area contributed by atoms with Crippen LogP contribution in [0.3, 0.4) is 0 Å². The number of ether oxygens (including phenoxy) is 2. The van der Waals surface area contributed by atoms with Gasteiger partial charge in [-0.1, -0.05) is 20.3 Å². The van der Waals surface area contributed by atoms with Crippen LogP contribution in [-0.4, -0.2) is 38.4 Å². The zero-order chi connectivity index (χ0) is 14.7. The highest BCUT2D eigenvalue weighted by molar-refractivity contribution is 5.57. The van der Waals surface area contributed by atoms with Gasteiger partial charge in [0.05, 0.1) is 0 Å². The number of nitrogens with one attached hydrogen (secondary N) is 1. The highest BCUT2D eigenvalue weighted by Gasteiger charge is 2.27. The SMILES string of the molecule is CCCC1CN(c2ccc3c(c2)OCCO3)C(CC)CN1. The summed E-state index contributed by atoms with van der Waals surface area (Å²) in [6.07, 6.45) is 3.61. The van der Waals surface area contributed by atoms with Crippen LogP contribution in [0, 0.1) is 0 Å². The third-order valence-corrected chi connectivity index (χ3v) is 4.47. The maximum absolute atomic E-state index is 5.73. The molecule has 2 aliphatic heterocycles. The lowest BCUT2D eigenvalue weighted by molar-refractivity contribution is 0.171. The number of anilines is 1. The molecule has 0 aromatic heterocycles. The van der Waals surface area contributed by atoms with E-state index >= 15 is 0 Å². The van der Waals surface area contributed by atoms with E-state index in [1.807, 2.05) is 6.07 Å². The van der Waals surface area contributed by atoms with Crippen molar-refractivity contribution in [3.8, 4) is 11.5 Å². The van der Waals surface area contributed by atoms with Crippen LogP contribution in [0.4, 0.5) is 5.69 Å². The number of fused-ring (bicyclic) bond motifs is 1. The van der Waals surface area contributed by atoms with E-state index in [-0.39, 0.29) is 0 Å². The molecule has 1 aromatic carbocycles. The van der Waals surface area contributed by atoms with E-state index in [4.69, 9.17) is 9.47 Å². The van der Waals surface area contributed by atoms with Crippen LogP contribution in [0.25, 0.3) is 0 Å². The van der Waals surface area contributed by atoms with Crippen molar-refractivity contribution in [2.45, 2.75) is 45.2 Å². The van der Waals surface area contributed by atoms with Gasteiger partial charge in [0.1, 0.15) is 13.2 Å². The second-order valence-corrected chi connectivity index (χ2v) is 5.94. The van der Waals surface area contributed by atoms with Gasteiger partial charge in [-0.05, 0) is 25.0 Å². The monoisotopic (exact) mass is 290 g/mol. The third-order valence-electron chi connectivity index (χ3n) is 4.47. The normalized spacial score (nSPS) is 25.0. The Morgan fingerprint density at radius 3 is 2.76 bits per heavy atom. The van der Waals surface area contributed by atoms with Gasteiger partial charge >= 0.3 is 0 Å². The summed E-state index contributed by atoms with van der Waals surface area (Å²) in [7, 11) is 0. The van der Waals surface area contributed by atoms with E-state index in [9.17, 15) is 0 Å². The van der Waals surface area contributed by atoms with Crippen molar-refractivity contribution in [2.24, 2.45) is 0 Å². The Kier molecular flexibility index (Phi) is 4.54. The molecule has 1 saturated heterocycles. The Morgan fingerprint density at radius 2 is 2.00 bits per heavy atom. The number of piperazine rings is 1. The molecule has 0 spiro atoms. The fraction of sp³-hybridized carbons (Fsp3) is 0.647. The summed E-state index contributed by atoms with van der Waals surface area (Å²) in [4.78, 5) is 2.54. The molecule has 1 fully saturated rings. The summed E-state index contributed by atoms with van der Waals surface area (Å²) in [5.41, 5.74) is 1.26. The molecule has 0 saturated carbocycles. The minimum Gasteiger partial charge on any atom is -0.486 e. The van der Waals surface area contributed by atoms with Crippen molar-refractivity contribution in [3.05, 3.63) is 18.2 Å². The number of benzene rings is 1. The van der Waals surface area contributed by atoms with E-state index in [1.54, 1.807) is 0 Å². The van der Waals surface area contributed by atoms with Gasteiger partial charge in [-0.25, -0.2) is 0 Å². The molecule has 2 heterocycles. The molecular formula is C17H26N2O2. The largest absolute Gasteiger partial charge is 0.486 e. The number of hydrogen-bond acceptors (Lipinski definition) is 4.